The molecule has 176 valence electrons. The molecular weight excluding hydrogens is 428 g/mol. The normalized spacial score (nSPS) is 14.8. The zero-order valence-electron chi connectivity index (χ0n) is 18.9. The van der Waals surface area contributed by atoms with Crippen LogP contribution < -0.4 is 4.57 Å². The second kappa shape index (κ2) is 9.88. The molecule has 0 spiro atoms. The molecule has 33 heavy (non-hydrogen) atoms. The number of aryl methyl sites for hydroxylation is 4. The molecule has 3 aromatic heterocycles. The van der Waals surface area contributed by atoms with Crippen molar-refractivity contribution in [2.45, 2.75) is 58.2 Å². The van der Waals surface area contributed by atoms with Crippen LogP contribution in [0.15, 0.2) is 18.6 Å². The molecule has 0 radical (unpaired) electrons. The van der Waals surface area contributed by atoms with Gasteiger partial charge in [-0.3, -0.25) is 9.36 Å². The summed E-state index contributed by atoms with van der Waals surface area (Å²) in [4.78, 5) is 24.9. The maximum absolute atomic E-state index is 11.2. The van der Waals surface area contributed by atoms with Gasteiger partial charge in [0.25, 0.3) is 0 Å². The minimum atomic E-state index is -0.350. The van der Waals surface area contributed by atoms with Crippen LogP contribution in [0.4, 0.5) is 0 Å². The van der Waals surface area contributed by atoms with E-state index in [9.17, 15) is 9.59 Å². The van der Waals surface area contributed by atoms with Gasteiger partial charge in [0.05, 0.1) is 32.7 Å². The first-order valence-corrected chi connectivity index (χ1v) is 11.1. The van der Waals surface area contributed by atoms with Crippen molar-refractivity contribution >= 4 is 11.9 Å². The van der Waals surface area contributed by atoms with Gasteiger partial charge in [-0.1, -0.05) is 0 Å². The maximum atomic E-state index is 11.2. The first-order valence-electron chi connectivity index (χ1n) is 11.1. The summed E-state index contributed by atoms with van der Waals surface area (Å²) in [7, 11) is 2.76. The first-order chi connectivity index (χ1) is 16.0. The number of aromatic nitrogens is 6. The Bertz CT molecular complexity index is 1120. The lowest BCUT2D eigenvalue weighted by atomic mass is 10.2. The molecule has 6 heterocycles. The molecule has 3 aliphatic rings. The van der Waals surface area contributed by atoms with Gasteiger partial charge in [0, 0.05) is 25.2 Å². The van der Waals surface area contributed by atoms with Gasteiger partial charge in [0.1, 0.15) is 5.56 Å². The number of rotatable bonds is 2. The Hall–Kier alpha value is -3.63. The third kappa shape index (κ3) is 4.76. The number of hydrogen-bond donors (Lipinski definition) is 2. The highest BCUT2D eigenvalue weighted by molar-refractivity contribution is 5.90. The Morgan fingerprint density at radius 2 is 1.82 bits per heavy atom. The van der Waals surface area contributed by atoms with Crippen molar-refractivity contribution in [1.29, 1.82) is 0 Å². The number of fused-ring (bicyclic) bond motifs is 3. The number of esters is 2. The van der Waals surface area contributed by atoms with Gasteiger partial charge in [0.2, 0.25) is 6.33 Å². The van der Waals surface area contributed by atoms with E-state index in [0.29, 0.717) is 17.1 Å². The molecule has 6 rings (SSSR count). The number of methoxy groups -OCH3 is 2. The van der Waals surface area contributed by atoms with E-state index in [4.69, 9.17) is 5.11 Å². The van der Waals surface area contributed by atoms with Gasteiger partial charge in [-0.15, -0.1) is 0 Å². The molecule has 0 aliphatic carbocycles. The highest BCUT2D eigenvalue weighted by Crippen LogP contribution is 2.18. The monoisotopic (exact) mass is 457 g/mol. The Balaban J connectivity index is 0.000000119. The van der Waals surface area contributed by atoms with Crippen LogP contribution in [0.3, 0.4) is 0 Å². The van der Waals surface area contributed by atoms with E-state index in [1.807, 2.05) is 15.7 Å². The van der Waals surface area contributed by atoms with Gasteiger partial charge in [-0.2, -0.15) is 10.2 Å². The fourth-order valence-electron chi connectivity index (χ4n) is 4.32. The molecule has 0 fully saturated rings. The second-order valence-corrected chi connectivity index (χ2v) is 8.03. The van der Waals surface area contributed by atoms with Gasteiger partial charge in [0.15, 0.2) is 11.4 Å². The number of carbonyl (C=O) groups excluding carboxylic acids is 2. The van der Waals surface area contributed by atoms with Crippen molar-refractivity contribution in [2.75, 3.05) is 14.2 Å². The summed E-state index contributed by atoms with van der Waals surface area (Å²) in [5.74, 6) is -0.289. The van der Waals surface area contributed by atoms with E-state index in [1.165, 1.54) is 14.2 Å². The van der Waals surface area contributed by atoms with E-state index in [2.05, 4.69) is 29.2 Å². The fraction of sp³-hybridized carbons (Fsp3) is 0.500. The topological polar surface area (TPSA) is 128 Å². The average molecular weight is 458 g/mol. The minimum absolute atomic E-state index is 0.279. The summed E-state index contributed by atoms with van der Waals surface area (Å²) in [6.45, 7) is 2.89. The number of nitrogens with zero attached hydrogens (tertiary/aromatic N) is 5. The molecule has 11 heteroatoms. The molecule has 11 nitrogen and oxygen atoms in total. The summed E-state index contributed by atoms with van der Waals surface area (Å²) in [5.41, 5.74) is 4.24. The third-order valence-electron chi connectivity index (χ3n) is 5.99. The van der Waals surface area contributed by atoms with Gasteiger partial charge < -0.3 is 14.6 Å². The number of nitrogens with one attached hydrogen (secondary N) is 1. The average Bonchev–Trinajstić information content (AvgIpc) is 3.62. The fourth-order valence-corrected chi connectivity index (χ4v) is 4.32. The van der Waals surface area contributed by atoms with Crippen LogP contribution in [-0.2, 0) is 48.4 Å². The van der Waals surface area contributed by atoms with Crippen molar-refractivity contribution in [2.24, 2.45) is 0 Å². The number of H-pyrrole nitrogens is 1. The Morgan fingerprint density at radius 3 is 2.55 bits per heavy atom. The van der Waals surface area contributed by atoms with E-state index < -0.39 is 0 Å². The molecule has 3 aromatic rings. The predicted molar refractivity (Wildman–Crippen MR) is 115 cm³/mol. The summed E-state index contributed by atoms with van der Waals surface area (Å²) in [6, 6.07) is 1.80. The molecule has 0 saturated heterocycles. The zero-order valence-corrected chi connectivity index (χ0v) is 18.9. The quantitative estimate of drug-likeness (QED) is 0.437. The van der Waals surface area contributed by atoms with Crippen LogP contribution in [0.1, 0.15) is 57.2 Å². The van der Waals surface area contributed by atoms with Crippen LogP contribution in [0, 0.1) is 0 Å². The molecule has 0 bridgehead atoms. The molecule has 0 unspecified atom stereocenters. The van der Waals surface area contributed by atoms with Crippen molar-refractivity contribution in [3.05, 3.63) is 46.9 Å². The van der Waals surface area contributed by atoms with Crippen molar-refractivity contribution in [3.63, 3.8) is 0 Å². The van der Waals surface area contributed by atoms with Crippen LogP contribution in [0.25, 0.3) is 0 Å². The van der Waals surface area contributed by atoms with E-state index in [1.54, 1.807) is 12.3 Å². The number of hydrogen-bond acceptors (Lipinski definition) is 7. The summed E-state index contributed by atoms with van der Waals surface area (Å²) in [5, 5.41) is 17.3. The van der Waals surface area contributed by atoms with Gasteiger partial charge in [-0.05, 0) is 38.2 Å². The Morgan fingerprint density at radius 1 is 1.06 bits per heavy atom. The number of aromatic amines is 1. The van der Waals surface area contributed by atoms with Gasteiger partial charge >= 0.3 is 17.8 Å². The highest BCUT2D eigenvalue weighted by atomic mass is 16.5. The van der Waals surface area contributed by atoms with Crippen molar-refractivity contribution in [3.8, 4) is 5.88 Å². The van der Waals surface area contributed by atoms with Crippen LogP contribution in [-0.4, -0.2) is 55.8 Å². The van der Waals surface area contributed by atoms with E-state index >= 15 is 0 Å². The largest absolute Gasteiger partial charge is 0.475 e. The van der Waals surface area contributed by atoms with Gasteiger partial charge in [-0.25, -0.2) is 19.1 Å². The third-order valence-corrected chi connectivity index (χ3v) is 5.99. The Kier molecular flexibility index (Phi) is 6.76. The van der Waals surface area contributed by atoms with Crippen LogP contribution >= 0.6 is 0 Å². The molecule has 0 atom stereocenters. The van der Waals surface area contributed by atoms with E-state index in [0.717, 1.165) is 75.2 Å². The summed E-state index contributed by atoms with van der Waals surface area (Å²) < 4.78 is 15.0. The van der Waals surface area contributed by atoms with Crippen molar-refractivity contribution < 1.29 is 28.7 Å². The van der Waals surface area contributed by atoms with Crippen LogP contribution in [0.2, 0.25) is 0 Å². The number of ether oxygens (including phenoxy) is 2. The second-order valence-electron chi connectivity index (χ2n) is 8.03. The number of aromatic hydroxyl groups is 1. The lowest BCUT2D eigenvalue weighted by molar-refractivity contribution is -0.689. The standard InChI is InChI=1S/2C8H10N2O2.C6H8N2O/c1-12-8(11)6-5-9-10-4-2-3-7(6)10;1-12-8(11)7-5-6-3-2-4-10(6)9-7;9-6-5-2-1-3-8(5)4-7-6/h2*5H,2-4H2,1H3;4,9H,1-3H2/p+1. The minimum Gasteiger partial charge on any atom is -0.475 e. The number of imidazole rings is 1. The smallest absolute Gasteiger partial charge is 0.358 e. The lowest BCUT2D eigenvalue weighted by Gasteiger charge is -1.96. The summed E-state index contributed by atoms with van der Waals surface area (Å²) in [6.07, 6.45) is 9.73. The predicted octanol–water partition coefficient (Wildman–Crippen LogP) is 1.19. The maximum Gasteiger partial charge on any atom is 0.358 e. The molecule has 0 saturated carbocycles. The SMILES string of the molecule is COC(=O)c1cc2n(n1)CCC2.COC(=O)c1cnn2c1CCC2.Oc1[nH]c[n+]2c1CCC2. The van der Waals surface area contributed by atoms with Crippen LogP contribution in [0.5, 0.6) is 5.88 Å². The zero-order chi connectivity index (χ0) is 23.4. The first kappa shape index (κ1) is 22.6. The molecule has 0 amide bonds. The highest BCUT2D eigenvalue weighted by Gasteiger charge is 2.22. The Labute approximate surface area is 190 Å². The summed E-state index contributed by atoms with van der Waals surface area (Å²) >= 11 is 0. The molecular formula is C22H29N6O5+. The molecule has 3 aliphatic heterocycles. The van der Waals surface area contributed by atoms with Crippen molar-refractivity contribution in [1.82, 2.24) is 24.5 Å². The number of carbonyl (C=O) groups is 2. The lowest BCUT2D eigenvalue weighted by Crippen LogP contribution is -2.29. The van der Waals surface area contributed by atoms with E-state index in [-0.39, 0.29) is 11.9 Å². The molecule has 2 N–H and O–H groups in total. The molecule has 0 aromatic carbocycles.